The predicted octanol–water partition coefficient (Wildman–Crippen LogP) is 3.06. The molecule has 0 aliphatic rings. The Morgan fingerprint density at radius 1 is 1.08 bits per heavy atom. The monoisotopic (exact) mass is 509 g/mol. The lowest BCUT2D eigenvalue weighted by Gasteiger charge is -2.28. The normalized spacial score (nSPS) is 12.0. The van der Waals surface area contributed by atoms with Crippen LogP contribution in [-0.2, 0) is 23.0 Å². The number of alkyl halides is 2. The largest absolute Gasteiger partial charge is 0.444 e. The Morgan fingerprint density at radius 3 is 2.22 bits per heavy atom. The van der Waals surface area contributed by atoms with E-state index in [0.717, 1.165) is 0 Å². The van der Waals surface area contributed by atoms with E-state index in [0.29, 0.717) is 24.3 Å². The highest BCUT2D eigenvalue weighted by Gasteiger charge is 2.35. The van der Waals surface area contributed by atoms with Gasteiger partial charge in [-0.1, -0.05) is 18.2 Å². The zero-order chi connectivity index (χ0) is 27.1. The molecule has 0 aliphatic heterocycles. The van der Waals surface area contributed by atoms with Crippen LogP contribution in [0.5, 0.6) is 0 Å². The molecule has 0 aliphatic carbocycles. The predicted molar refractivity (Wildman–Crippen MR) is 135 cm³/mol. The van der Waals surface area contributed by atoms with Gasteiger partial charge in [-0.25, -0.2) is 9.48 Å². The highest BCUT2D eigenvalue weighted by atomic mass is 19.1. The number of benzene rings is 1. The molecule has 0 saturated carbocycles. The van der Waals surface area contributed by atoms with E-state index in [2.05, 4.69) is 10.6 Å². The number of nitrogens with zero attached hydrogens (tertiary/aromatic N) is 3. The molecule has 2 amide bonds. The molecule has 1 aromatic heterocycles. The Bertz CT molecular complexity index is 1090. The van der Waals surface area contributed by atoms with Crippen LogP contribution in [0.4, 0.5) is 19.3 Å². The number of likely N-dealkylation sites (N-methyl/N-ethyl adjacent to an activating group) is 1. The van der Waals surface area contributed by atoms with Crippen LogP contribution < -0.4 is 16.2 Å². The first-order valence-electron chi connectivity index (χ1n) is 11.7. The van der Waals surface area contributed by atoms with Crippen LogP contribution in [-0.4, -0.2) is 72.4 Å². The number of nitrogens with one attached hydrogen (secondary N) is 2. The van der Waals surface area contributed by atoms with Gasteiger partial charge in [0.25, 0.3) is 5.56 Å². The van der Waals surface area contributed by atoms with Gasteiger partial charge in [-0.05, 0) is 47.0 Å². The summed E-state index contributed by atoms with van der Waals surface area (Å²) in [4.78, 5) is 40.2. The Hall–Kier alpha value is -3.21. The molecule has 0 saturated heterocycles. The van der Waals surface area contributed by atoms with Crippen molar-refractivity contribution in [1.29, 1.82) is 0 Å². The highest BCUT2D eigenvalue weighted by Crippen LogP contribution is 2.25. The van der Waals surface area contributed by atoms with Crippen LogP contribution in [0.25, 0.3) is 5.69 Å². The highest BCUT2D eigenvalue weighted by molar-refractivity contribution is 5.91. The second kappa shape index (κ2) is 12.2. The van der Waals surface area contributed by atoms with Crippen LogP contribution in [0.15, 0.2) is 35.1 Å². The lowest BCUT2D eigenvalue weighted by atomic mass is 9.86. The molecule has 9 nitrogen and oxygen atoms in total. The summed E-state index contributed by atoms with van der Waals surface area (Å²) in [6.45, 7) is 2.76. The molecule has 1 aromatic carbocycles. The number of hydrogen-bond acceptors (Lipinski definition) is 5. The first kappa shape index (κ1) is 29.0. The quantitative estimate of drug-likeness (QED) is 0.485. The summed E-state index contributed by atoms with van der Waals surface area (Å²) in [6.07, 6.45) is -0.970. The number of rotatable bonds is 11. The summed E-state index contributed by atoms with van der Waals surface area (Å²) in [5.41, 5.74) is -1.80. The smallest absolute Gasteiger partial charge is 0.407 e. The number of alkyl carbamates (subject to hydrolysis) is 1. The maximum Gasteiger partial charge on any atom is 0.407 e. The molecule has 2 aromatic rings. The summed E-state index contributed by atoms with van der Waals surface area (Å²) in [6, 6.07) is 8.94. The molecule has 2 N–H and O–H groups in total. The SMILES string of the molecule is CN(C)CCc1c(NC(=O)CC(CF)(CF)CNC(=O)OC(C)(C)C)c(=O)n(-c2ccccc2)n1C. The fraction of sp³-hybridized carbons (Fsp3) is 0.560. The minimum atomic E-state index is -1.79. The van der Waals surface area contributed by atoms with Crippen molar-refractivity contribution in [3.63, 3.8) is 0 Å². The number of halogens is 2. The van der Waals surface area contributed by atoms with Crippen molar-refractivity contribution in [2.75, 3.05) is 45.9 Å². The Balaban J connectivity index is 2.30. The van der Waals surface area contributed by atoms with E-state index in [1.807, 2.05) is 25.1 Å². The number of anilines is 1. The Kier molecular flexibility index (Phi) is 9.80. The fourth-order valence-electron chi connectivity index (χ4n) is 3.63. The van der Waals surface area contributed by atoms with Crippen molar-refractivity contribution >= 4 is 17.7 Å². The van der Waals surface area contributed by atoms with Crippen LogP contribution in [0, 0.1) is 5.41 Å². The van der Waals surface area contributed by atoms with Gasteiger partial charge in [-0.3, -0.25) is 23.1 Å². The van der Waals surface area contributed by atoms with E-state index in [9.17, 15) is 23.2 Å². The minimum Gasteiger partial charge on any atom is -0.444 e. The lowest BCUT2D eigenvalue weighted by molar-refractivity contribution is -0.119. The van der Waals surface area contributed by atoms with E-state index in [4.69, 9.17) is 4.74 Å². The second-order valence-electron chi connectivity index (χ2n) is 10.2. The molecular weight excluding hydrogens is 472 g/mol. The van der Waals surface area contributed by atoms with Crippen LogP contribution in [0.1, 0.15) is 32.9 Å². The first-order valence-corrected chi connectivity index (χ1v) is 11.7. The molecule has 2 rings (SSSR count). The van der Waals surface area contributed by atoms with Crippen molar-refractivity contribution in [2.24, 2.45) is 12.5 Å². The molecule has 36 heavy (non-hydrogen) atoms. The molecule has 0 atom stereocenters. The molecule has 1 heterocycles. The number of carbonyl (C=O) groups excluding carboxylic acids is 2. The minimum absolute atomic E-state index is 0.0555. The van der Waals surface area contributed by atoms with Crippen molar-refractivity contribution in [2.45, 2.75) is 39.2 Å². The molecular formula is C25H37F2N5O4. The molecule has 11 heteroatoms. The van der Waals surface area contributed by atoms with Gasteiger partial charge < -0.3 is 20.3 Å². The van der Waals surface area contributed by atoms with Gasteiger partial charge in [0.05, 0.1) is 30.1 Å². The molecule has 0 fully saturated rings. The summed E-state index contributed by atoms with van der Waals surface area (Å²) in [5, 5.41) is 4.94. The van der Waals surface area contributed by atoms with Crippen LogP contribution >= 0.6 is 0 Å². The summed E-state index contributed by atoms with van der Waals surface area (Å²) < 4.78 is 36.2. The number of hydrogen-bond donors (Lipinski definition) is 2. The third kappa shape index (κ3) is 7.64. The van der Waals surface area contributed by atoms with Gasteiger partial charge in [-0.15, -0.1) is 0 Å². The van der Waals surface area contributed by atoms with Gasteiger partial charge in [0, 0.05) is 33.0 Å². The number of ether oxygens (including phenoxy) is 1. The summed E-state index contributed by atoms with van der Waals surface area (Å²) in [7, 11) is 5.49. The van der Waals surface area contributed by atoms with E-state index in [-0.39, 0.29) is 5.69 Å². The van der Waals surface area contributed by atoms with Crippen molar-refractivity contribution in [3.8, 4) is 5.69 Å². The van der Waals surface area contributed by atoms with Gasteiger partial charge in [0.2, 0.25) is 5.91 Å². The van der Waals surface area contributed by atoms with Gasteiger partial charge in [0.1, 0.15) is 11.3 Å². The molecule has 0 unspecified atom stereocenters. The fourth-order valence-corrected chi connectivity index (χ4v) is 3.63. The van der Waals surface area contributed by atoms with Crippen molar-refractivity contribution < 1.29 is 23.1 Å². The summed E-state index contributed by atoms with van der Waals surface area (Å²) >= 11 is 0. The topological polar surface area (TPSA) is 97.6 Å². The summed E-state index contributed by atoms with van der Waals surface area (Å²) in [5.74, 6) is -0.731. The van der Waals surface area contributed by atoms with Gasteiger partial charge >= 0.3 is 6.09 Å². The standard InChI is InChI=1S/C25H37F2N5O4/c1-24(2,3)36-23(35)28-17-25(15-26,16-27)14-20(33)29-21-19(12-13-30(4)5)31(6)32(22(21)34)18-10-8-7-9-11-18/h7-11H,12-17H2,1-6H3,(H,28,35)(H,29,33). The third-order valence-corrected chi connectivity index (χ3v) is 5.56. The number of carbonyl (C=O) groups is 2. The number of aromatic nitrogens is 2. The van der Waals surface area contributed by atoms with Crippen LogP contribution in [0.3, 0.4) is 0 Å². The second-order valence-corrected chi connectivity index (χ2v) is 10.2. The van der Waals surface area contributed by atoms with Gasteiger partial charge in [0.15, 0.2) is 0 Å². The van der Waals surface area contributed by atoms with E-state index < -0.39 is 54.9 Å². The Morgan fingerprint density at radius 2 is 1.69 bits per heavy atom. The van der Waals surface area contributed by atoms with Crippen molar-refractivity contribution in [1.82, 2.24) is 19.6 Å². The Labute approximate surface area is 210 Å². The zero-order valence-electron chi connectivity index (χ0n) is 21.9. The third-order valence-electron chi connectivity index (χ3n) is 5.56. The van der Waals surface area contributed by atoms with E-state index in [1.54, 1.807) is 56.8 Å². The van der Waals surface area contributed by atoms with Crippen molar-refractivity contribution in [3.05, 3.63) is 46.4 Å². The van der Waals surface area contributed by atoms with Crippen LogP contribution in [0.2, 0.25) is 0 Å². The molecule has 0 spiro atoms. The molecule has 0 radical (unpaired) electrons. The molecule has 200 valence electrons. The zero-order valence-corrected chi connectivity index (χ0v) is 21.9. The maximum absolute atomic E-state index is 14.0. The molecule has 0 bridgehead atoms. The lowest BCUT2D eigenvalue weighted by Crippen LogP contribution is -2.44. The average Bonchev–Trinajstić information content (AvgIpc) is 3.03. The average molecular weight is 510 g/mol. The van der Waals surface area contributed by atoms with E-state index >= 15 is 0 Å². The number of amides is 2. The number of para-hydroxylation sites is 1. The first-order chi connectivity index (χ1) is 16.8. The maximum atomic E-state index is 14.0. The van der Waals surface area contributed by atoms with E-state index in [1.165, 1.54) is 4.68 Å². The van der Waals surface area contributed by atoms with Gasteiger partial charge in [-0.2, -0.15) is 0 Å².